The molecule has 4 N–H and O–H groups in total. The molecule has 0 radical (unpaired) electrons. The van der Waals surface area contributed by atoms with Crippen LogP contribution in [-0.4, -0.2) is 41.7 Å². The highest BCUT2D eigenvalue weighted by molar-refractivity contribution is 7.72. The fourth-order valence-electron chi connectivity index (χ4n) is 1.12. The van der Waals surface area contributed by atoms with Gasteiger partial charge in [-0.3, -0.25) is 13.9 Å². The molecule has 0 aliphatic heterocycles. The lowest BCUT2D eigenvalue weighted by molar-refractivity contribution is -0.114. The maximum atomic E-state index is 11.5. The van der Waals surface area contributed by atoms with Gasteiger partial charge in [0, 0.05) is 0 Å². The standard InChI is InChI=1S/C8H15ClO10P2/c1-7(2,3)18-6(11)19-8(4-5(9)10,20(12,13)14)21(15,16)17/h4H2,1-3H3,(H2,12,13,14)(H2,15,16,17). The molecular weight excluding hydrogens is 353 g/mol. The molecule has 10 nitrogen and oxygen atoms in total. The lowest BCUT2D eigenvalue weighted by atomic mass is 10.2. The fourth-order valence-corrected chi connectivity index (χ4v) is 3.93. The lowest BCUT2D eigenvalue weighted by Gasteiger charge is -2.33. The third-order valence-electron chi connectivity index (χ3n) is 1.92. The van der Waals surface area contributed by atoms with Crippen LogP contribution in [0.5, 0.6) is 0 Å². The predicted molar refractivity (Wildman–Crippen MR) is 69.6 cm³/mol. The first-order valence-corrected chi connectivity index (χ1v) is 8.84. The van der Waals surface area contributed by atoms with Crippen LogP contribution in [0.4, 0.5) is 4.79 Å². The average Bonchev–Trinajstić information content (AvgIpc) is 2.08. The zero-order valence-electron chi connectivity index (χ0n) is 11.2. The highest BCUT2D eigenvalue weighted by atomic mass is 35.5. The van der Waals surface area contributed by atoms with Crippen molar-refractivity contribution in [1.29, 1.82) is 0 Å². The number of hydrogen-bond acceptors (Lipinski definition) is 6. The van der Waals surface area contributed by atoms with Gasteiger partial charge in [-0.05, 0) is 32.4 Å². The Kier molecular flexibility index (Phi) is 6.20. The molecule has 0 spiro atoms. The van der Waals surface area contributed by atoms with Crippen LogP contribution in [-0.2, 0) is 23.4 Å². The number of hydrogen-bond donors (Lipinski definition) is 4. The minimum Gasteiger partial charge on any atom is -0.429 e. The van der Waals surface area contributed by atoms with Crippen LogP contribution in [0, 0.1) is 0 Å². The molecule has 0 unspecified atom stereocenters. The second-order valence-corrected chi connectivity index (χ2v) is 9.32. The Labute approximate surface area is 124 Å². The number of halogens is 1. The number of carbonyl (C=O) groups excluding carboxylic acids is 2. The van der Waals surface area contributed by atoms with E-state index in [1.807, 2.05) is 0 Å². The second-order valence-electron chi connectivity index (χ2n) is 4.93. The summed E-state index contributed by atoms with van der Waals surface area (Å²) in [7, 11) is -11.6. The van der Waals surface area contributed by atoms with E-state index in [1.165, 1.54) is 20.8 Å². The van der Waals surface area contributed by atoms with E-state index in [0.717, 1.165) is 0 Å². The molecule has 0 aliphatic carbocycles. The van der Waals surface area contributed by atoms with Gasteiger partial charge in [0.2, 0.25) is 5.24 Å². The zero-order chi connectivity index (χ0) is 17.3. The summed E-state index contributed by atoms with van der Waals surface area (Å²) < 4.78 is 31.5. The molecule has 0 saturated carbocycles. The van der Waals surface area contributed by atoms with Gasteiger partial charge in [-0.2, -0.15) is 0 Å². The Morgan fingerprint density at radius 1 is 1.00 bits per heavy atom. The first-order chi connectivity index (χ1) is 9.02. The van der Waals surface area contributed by atoms with E-state index in [2.05, 4.69) is 9.47 Å². The molecule has 0 saturated heterocycles. The summed E-state index contributed by atoms with van der Waals surface area (Å²) in [5, 5.41) is -5.26. The highest BCUT2D eigenvalue weighted by Gasteiger charge is 2.65. The molecule has 0 atom stereocenters. The Hall–Kier alpha value is -0.470. The van der Waals surface area contributed by atoms with Crippen molar-refractivity contribution in [1.82, 2.24) is 0 Å². The SMILES string of the molecule is CC(C)(C)OC(=O)OC(CC(=O)Cl)(P(=O)(O)O)P(=O)(O)O. The van der Waals surface area contributed by atoms with Gasteiger partial charge in [0.05, 0.1) is 6.42 Å². The fraction of sp³-hybridized carbons (Fsp3) is 0.750. The lowest BCUT2D eigenvalue weighted by Crippen LogP contribution is -2.38. The topological polar surface area (TPSA) is 168 Å². The van der Waals surface area contributed by atoms with Crippen molar-refractivity contribution in [2.24, 2.45) is 0 Å². The predicted octanol–water partition coefficient (Wildman–Crippen LogP) is 1.10. The Morgan fingerprint density at radius 2 is 1.38 bits per heavy atom. The zero-order valence-corrected chi connectivity index (χ0v) is 13.8. The van der Waals surface area contributed by atoms with Gasteiger partial charge in [0.1, 0.15) is 5.60 Å². The number of carbonyl (C=O) groups is 2. The Balaban J connectivity index is 5.82. The third kappa shape index (κ3) is 5.67. The van der Waals surface area contributed by atoms with Gasteiger partial charge in [-0.1, -0.05) is 0 Å². The van der Waals surface area contributed by atoms with E-state index in [9.17, 15) is 18.7 Å². The summed E-state index contributed by atoms with van der Waals surface area (Å²) in [5.41, 5.74) is -1.17. The van der Waals surface area contributed by atoms with Crippen LogP contribution in [0.3, 0.4) is 0 Å². The largest absolute Gasteiger partial charge is 0.510 e. The minimum absolute atomic E-state index is 1.17. The van der Waals surface area contributed by atoms with E-state index >= 15 is 0 Å². The van der Waals surface area contributed by atoms with Gasteiger partial charge < -0.3 is 29.0 Å². The molecule has 0 amide bonds. The quantitative estimate of drug-likeness (QED) is 0.313. The van der Waals surface area contributed by atoms with Crippen molar-refractivity contribution < 1.29 is 47.8 Å². The summed E-state index contributed by atoms with van der Waals surface area (Å²) >= 11 is 4.93. The van der Waals surface area contributed by atoms with E-state index in [0.29, 0.717) is 0 Å². The maximum absolute atomic E-state index is 11.5. The molecule has 0 aromatic carbocycles. The summed E-state index contributed by atoms with van der Waals surface area (Å²) in [6.45, 7) is 4.12. The Morgan fingerprint density at radius 3 is 1.62 bits per heavy atom. The van der Waals surface area contributed by atoms with Crippen LogP contribution in [0.2, 0.25) is 0 Å². The maximum Gasteiger partial charge on any atom is 0.510 e. The van der Waals surface area contributed by atoms with E-state index in [-0.39, 0.29) is 0 Å². The van der Waals surface area contributed by atoms with Crippen LogP contribution in [0.25, 0.3) is 0 Å². The smallest absolute Gasteiger partial charge is 0.429 e. The molecule has 0 aromatic rings. The molecule has 0 fully saturated rings. The van der Waals surface area contributed by atoms with Crippen LogP contribution >= 0.6 is 26.8 Å². The van der Waals surface area contributed by atoms with Gasteiger partial charge in [0.25, 0.3) is 0 Å². The van der Waals surface area contributed by atoms with Gasteiger partial charge in [-0.25, -0.2) is 4.79 Å². The molecule has 0 aliphatic rings. The first-order valence-electron chi connectivity index (χ1n) is 5.23. The Bertz CT molecular complexity index is 490. The monoisotopic (exact) mass is 368 g/mol. The van der Waals surface area contributed by atoms with Crippen molar-refractivity contribution in [3.63, 3.8) is 0 Å². The van der Waals surface area contributed by atoms with Crippen LogP contribution in [0.15, 0.2) is 0 Å². The highest BCUT2D eigenvalue weighted by Crippen LogP contribution is 2.71. The van der Waals surface area contributed by atoms with Crippen molar-refractivity contribution in [3.05, 3.63) is 0 Å². The number of rotatable bonds is 5. The van der Waals surface area contributed by atoms with Crippen molar-refractivity contribution >= 4 is 38.2 Å². The van der Waals surface area contributed by atoms with E-state index < -0.39 is 43.7 Å². The molecule has 0 rings (SSSR count). The normalized spacial score (nSPS) is 13.7. The minimum atomic E-state index is -5.79. The van der Waals surface area contributed by atoms with Crippen molar-refractivity contribution in [3.8, 4) is 0 Å². The molecule has 0 heterocycles. The molecule has 21 heavy (non-hydrogen) atoms. The van der Waals surface area contributed by atoms with Crippen LogP contribution in [0.1, 0.15) is 27.2 Å². The second kappa shape index (κ2) is 6.34. The third-order valence-corrected chi connectivity index (χ3v) is 5.93. The summed E-state index contributed by atoms with van der Waals surface area (Å²) in [6, 6.07) is 0. The molecule has 0 aromatic heterocycles. The van der Waals surface area contributed by atoms with E-state index in [4.69, 9.17) is 31.2 Å². The number of ether oxygens (including phenoxy) is 2. The average molecular weight is 369 g/mol. The molecule has 13 heteroatoms. The van der Waals surface area contributed by atoms with Crippen molar-refractivity contribution in [2.75, 3.05) is 0 Å². The molecule has 0 bridgehead atoms. The van der Waals surface area contributed by atoms with Gasteiger partial charge >= 0.3 is 26.4 Å². The van der Waals surface area contributed by atoms with Crippen LogP contribution < -0.4 is 0 Å². The molecule has 124 valence electrons. The summed E-state index contributed by atoms with van der Waals surface area (Å²) in [4.78, 5) is 58.9. The first kappa shape index (κ1) is 20.5. The summed E-state index contributed by atoms with van der Waals surface area (Å²) in [6.07, 6.45) is -3.37. The van der Waals surface area contributed by atoms with Gasteiger partial charge in [0.15, 0.2) is 0 Å². The molecular formula is C8H15ClO10P2. The van der Waals surface area contributed by atoms with Crippen molar-refractivity contribution in [2.45, 2.75) is 37.9 Å². The van der Waals surface area contributed by atoms with Gasteiger partial charge in [-0.15, -0.1) is 0 Å². The van der Waals surface area contributed by atoms with E-state index in [1.54, 1.807) is 0 Å². The summed E-state index contributed by atoms with van der Waals surface area (Å²) in [5.74, 6) is 0.